The Hall–Kier alpha value is -1.03. The van der Waals surface area contributed by atoms with Gasteiger partial charge in [-0.2, -0.15) is 0 Å². The van der Waals surface area contributed by atoms with Gasteiger partial charge in [0.05, 0.1) is 5.56 Å². The zero-order valence-corrected chi connectivity index (χ0v) is 7.73. The van der Waals surface area contributed by atoms with Crippen molar-refractivity contribution in [1.29, 1.82) is 0 Å². The summed E-state index contributed by atoms with van der Waals surface area (Å²) in [6.45, 7) is 0.754. The van der Waals surface area contributed by atoms with Crippen LogP contribution in [0.4, 0.5) is 13.2 Å². The van der Waals surface area contributed by atoms with Crippen LogP contribution >= 0.6 is 0 Å². The number of rotatable bonds is 3. The molecular formula is C10H11F3O. The summed E-state index contributed by atoms with van der Waals surface area (Å²) in [6, 6.07) is 3.79. The molecule has 0 fully saturated rings. The molecule has 0 aliphatic carbocycles. The fourth-order valence-corrected chi connectivity index (χ4v) is 1.36. The number of hydrogen-bond acceptors (Lipinski definition) is 1. The molecule has 0 amide bonds. The quantitative estimate of drug-likeness (QED) is 0.802. The highest BCUT2D eigenvalue weighted by atomic mass is 19.3. The Morgan fingerprint density at radius 3 is 2.50 bits per heavy atom. The van der Waals surface area contributed by atoms with Crippen molar-refractivity contribution in [1.82, 2.24) is 0 Å². The Bertz CT molecular complexity index is 303. The van der Waals surface area contributed by atoms with Crippen LogP contribution in [-0.4, -0.2) is 11.7 Å². The van der Waals surface area contributed by atoms with Gasteiger partial charge in [0.15, 0.2) is 0 Å². The first-order chi connectivity index (χ1) is 6.49. The Morgan fingerprint density at radius 1 is 1.36 bits per heavy atom. The van der Waals surface area contributed by atoms with E-state index in [2.05, 4.69) is 0 Å². The van der Waals surface area contributed by atoms with Crippen LogP contribution in [0.2, 0.25) is 0 Å². The number of aliphatic hydroxyl groups is 1. The van der Waals surface area contributed by atoms with Gasteiger partial charge in [0.2, 0.25) is 0 Å². The smallest absolute Gasteiger partial charge is 0.278 e. The first-order valence-corrected chi connectivity index (χ1v) is 4.23. The minimum Gasteiger partial charge on any atom is -0.396 e. The van der Waals surface area contributed by atoms with Gasteiger partial charge in [-0.05, 0) is 18.6 Å². The summed E-state index contributed by atoms with van der Waals surface area (Å²) < 4.78 is 39.7. The molecule has 0 heterocycles. The van der Waals surface area contributed by atoms with Crippen LogP contribution in [0.1, 0.15) is 17.5 Å². The summed E-state index contributed by atoms with van der Waals surface area (Å²) in [4.78, 5) is 0. The molecule has 0 bridgehead atoms. The first kappa shape index (κ1) is 11.0. The topological polar surface area (TPSA) is 20.2 Å². The fourth-order valence-electron chi connectivity index (χ4n) is 1.36. The zero-order valence-electron chi connectivity index (χ0n) is 7.73. The number of halogens is 3. The van der Waals surface area contributed by atoms with Crippen LogP contribution < -0.4 is 0 Å². The summed E-state index contributed by atoms with van der Waals surface area (Å²) in [5.74, 6) is -4.23. The highest BCUT2D eigenvalue weighted by Gasteiger charge is 2.35. The van der Waals surface area contributed by atoms with Crippen molar-refractivity contribution in [2.75, 3.05) is 6.61 Å². The lowest BCUT2D eigenvalue weighted by atomic mass is 10.00. The maximum atomic E-state index is 13.3. The molecule has 14 heavy (non-hydrogen) atoms. The molecule has 0 radical (unpaired) electrons. The van der Waals surface area contributed by atoms with Crippen LogP contribution in [0.5, 0.6) is 0 Å². The van der Waals surface area contributed by atoms with Gasteiger partial charge in [0.1, 0.15) is 5.82 Å². The largest absolute Gasteiger partial charge is 0.396 e. The number of hydrogen-bond donors (Lipinski definition) is 1. The van der Waals surface area contributed by atoms with Gasteiger partial charge >= 0.3 is 0 Å². The summed E-state index contributed by atoms with van der Waals surface area (Å²) in [5, 5.41) is 8.44. The van der Waals surface area contributed by atoms with E-state index < -0.39 is 30.3 Å². The summed E-state index contributed by atoms with van der Waals surface area (Å²) in [5.41, 5.74) is -0.419. The van der Waals surface area contributed by atoms with Crippen LogP contribution in [0.15, 0.2) is 18.2 Å². The molecule has 0 aromatic heterocycles. The van der Waals surface area contributed by atoms with Gasteiger partial charge in [-0.3, -0.25) is 0 Å². The molecule has 78 valence electrons. The summed E-state index contributed by atoms with van der Waals surface area (Å²) >= 11 is 0. The van der Waals surface area contributed by atoms with Crippen molar-refractivity contribution in [3.8, 4) is 0 Å². The third-order valence-corrected chi connectivity index (χ3v) is 2.01. The highest BCUT2D eigenvalue weighted by Crippen LogP contribution is 2.35. The van der Waals surface area contributed by atoms with E-state index in [-0.39, 0.29) is 5.56 Å². The Kier molecular flexibility index (Phi) is 3.16. The summed E-state index contributed by atoms with van der Waals surface area (Å²) in [6.07, 6.45) is -0.755. The Morgan fingerprint density at radius 2 is 2.00 bits per heavy atom. The van der Waals surface area contributed by atoms with Crippen LogP contribution in [0.25, 0.3) is 0 Å². The molecule has 0 aliphatic rings. The number of alkyl halides is 2. The lowest BCUT2D eigenvalue weighted by Crippen LogP contribution is -2.18. The van der Waals surface area contributed by atoms with Crippen molar-refractivity contribution in [3.05, 3.63) is 35.1 Å². The monoisotopic (exact) mass is 204 g/mol. The van der Waals surface area contributed by atoms with Gasteiger partial charge in [0.25, 0.3) is 5.92 Å². The molecule has 0 unspecified atom stereocenters. The molecule has 1 N–H and O–H groups in total. The third kappa shape index (κ3) is 2.07. The standard InChI is InChI=1S/C10H11F3O/c1-7-3-2-4-8(11)9(7)10(12,13)5-6-14/h2-4,14H,5-6H2,1H3. The van der Waals surface area contributed by atoms with Gasteiger partial charge in [-0.25, -0.2) is 13.2 Å². The number of benzene rings is 1. The minimum absolute atomic E-state index is 0.198. The van der Waals surface area contributed by atoms with Crippen LogP contribution in [0, 0.1) is 12.7 Å². The molecule has 1 aromatic carbocycles. The predicted molar refractivity (Wildman–Crippen MR) is 46.7 cm³/mol. The normalized spacial score (nSPS) is 11.8. The van der Waals surface area contributed by atoms with Crippen molar-refractivity contribution in [2.45, 2.75) is 19.3 Å². The van der Waals surface area contributed by atoms with E-state index in [4.69, 9.17) is 5.11 Å². The lowest BCUT2D eigenvalue weighted by molar-refractivity contribution is -0.0305. The molecule has 1 aromatic rings. The van der Waals surface area contributed by atoms with Crippen molar-refractivity contribution < 1.29 is 18.3 Å². The molecular weight excluding hydrogens is 193 g/mol. The number of aryl methyl sites for hydroxylation is 1. The van der Waals surface area contributed by atoms with E-state index >= 15 is 0 Å². The van der Waals surface area contributed by atoms with Gasteiger partial charge < -0.3 is 5.11 Å². The van der Waals surface area contributed by atoms with E-state index in [0.717, 1.165) is 6.07 Å². The Labute approximate surface area is 80.2 Å². The summed E-state index contributed by atoms with van der Waals surface area (Å²) in [7, 11) is 0. The zero-order chi connectivity index (χ0) is 10.8. The van der Waals surface area contributed by atoms with Crippen LogP contribution in [-0.2, 0) is 5.92 Å². The van der Waals surface area contributed by atoms with E-state index in [9.17, 15) is 13.2 Å². The third-order valence-electron chi connectivity index (χ3n) is 2.01. The van der Waals surface area contributed by atoms with Gasteiger partial charge in [-0.1, -0.05) is 12.1 Å². The molecule has 4 heteroatoms. The SMILES string of the molecule is Cc1cccc(F)c1C(F)(F)CCO. The molecule has 0 spiro atoms. The first-order valence-electron chi connectivity index (χ1n) is 4.23. The van der Waals surface area contributed by atoms with E-state index in [1.165, 1.54) is 19.1 Å². The second-order valence-electron chi connectivity index (χ2n) is 3.11. The maximum Gasteiger partial charge on any atom is 0.278 e. The second kappa shape index (κ2) is 4.00. The van der Waals surface area contributed by atoms with E-state index in [1.807, 2.05) is 0 Å². The average Bonchev–Trinajstić information content (AvgIpc) is 2.02. The molecule has 1 nitrogen and oxygen atoms in total. The highest BCUT2D eigenvalue weighted by molar-refractivity contribution is 5.31. The average molecular weight is 204 g/mol. The van der Waals surface area contributed by atoms with Crippen molar-refractivity contribution in [3.63, 3.8) is 0 Å². The van der Waals surface area contributed by atoms with Gasteiger partial charge in [0, 0.05) is 13.0 Å². The minimum atomic E-state index is -3.30. The maximum absolute atomic E-state index is 13.3. The van der Waals surface area contributed by atoms with Gasteiger partial charge in [-0.15, -0.1) is 0 Å². The molecule has 1 rings (SSSR count). The van der Waals surface area contributed by atoms with Crippen molar-refractivity contribution >= 4 is 0 Å². The molecule has 0 saturated heterocycles. The molecule has 0 aliphatic heterocycles. The fraction of sp³-hybridized carbons (Fsp3) is 0.400. The molecule has 0 atom stereocenters. The van der Waals surface area contributed by atoms with E-state index in [0.29, 0.717) is 0 Å². The second-order valence-corrected chi connectivity index (χ2v) is 3.11. The van der Waals surface area contributed by atoms with E-state index in [1.54, 1.807) is 0 Å². The predicted octanol–water partition coefficient (Wildman–Crippen LogP) is 2.61. The molecule has 0 saturated carbocycles. The number of aliphatic hydroxyl groups excluding tert-OH is 1. The lowest BCUT2D eigenvalue weighted by Gasteiger charge is -2.18. The Balaban J connectivity index is 3.17. The van der Waals surface area contributed by atoms with Crippen LogP contribution in [0.3, 0.4) is 0 Å². The van der Waals surface area contributed by atoms with Crippen molar-refractivity contribution in [2.24, 2.45) is 0 Å².